The number of nitrogens with one attached hydrogen (secondary N) is 3. The van der Waals surface area contributed by atoms with E-state index in [4.69, 9.17) is 4.99 Å². The van der Waals surface area contributed by atoms with Gasteiger partial charge in [-0.3, -0.25) is 4.79 Å². The number of nitrogens with zero attached hydrogens (tertiary/aromatic N) is 4. The molecule has 2 aliphatic rings. The summed E-state index contributed by atoms with van der Waals surface area (Å²) in [5.41, 5.74) is 0. The number of thioether (sulfide) groups is 1. The Labute approximate surface area is 178 Å². The summed E-state index contributed by atoms with van der Waals surface area (Å²) < 4.78 is 1.97. The number of hydrogen-bond donors (Lipinski definition) is 3. The van der Waals surface area contributed by atoms with E-state index in [1.807, 2.05) is 30.3 Å². The van der Waals surface area contributed by atoms with Gasteiger partial charge in [0, 0.05) is 31.6 Å². The lowest BCUT2D eigenvalue weighted by atomic mass is 9.85. The summed E-state index contributed by atoms with van der Waals surface area (Å²) in [4.78, 5) is 17.2. The Hall–Kier alpha value is -1.77. The van der Waals surface area contributed by atoms with Crippen LogP contribution in [0.4, 0.5) is 0 Å². The van der Waals surface area contributed by atoms with Gasteiger partial charge in [0.2, 0.25) is 5.91 Å². The summed E-state index contributed by atoms with van der Waals surface area (Å²) in [6.07, 6.45) is 9.48. The Morgan fingerprint density at radius 2 is 2.03 bits per heavy atom. The van der Waals surface area contributed by atoms with E-state index in [-0.39, 0.29) is 17.9 Å². The maximum atomic E-state index is 12.5. The fourth-order valence-corrected chi connectivity index (χ4v) is 4.05. The van der Waals surface area contributed by atoms with E-state index in [1.165, 1.54) is 0 Å². The van der Waals surface area contributed by atoms with Crippen LogP contribution in [-0.2, 0) is 18.4 Å². The highest BCUT2D eigenvalue weighted by Gasteiger charge is 2.31. The van der Waals surface area contributed by atoms with Crippen molar-refractivity contribution < 1.29 is 4.79 Å². The molecule has 2 unspecified atom stereocenters. The lowest BCUT2D eigenvalue weighted by molar-refractivity contribution is -0.126. The second-order valence-corrected chi connectivity index (χ2v) is 9.13. The van der Waals surface area contributed by atoms with E-state index >= 15 is 0 Å². The summed E-state index contributed by atoms with van der Waals surface area (Å²) in [6.45, 7) is 3.30. The monoisotopic (exact) mass is 421 g/mol. The molecule has 0 spiro atoms. The van der Waals surface area contributed by atoms with Gasteiger partial charge < -0.3 is 20.5 Å². The molecule has 1 aromatic heterocycles. The molecular formula is C20H35N7OS. The van der Waals surface area contributed by atoms with Crippen LogP contribution in [-0.4, -0.2) is 57.3 Å². The summed E-state index contributed by atoms with van der Waals surface area (Å²) in [7, 11) is 1.96. The number of amides is 1. The van der Waals surface area contributed by atoms with Crippen molar-refractivity contribution in [2.24, 2.45) is 18.0 Å². The molecule has 162 valence electrons. The molecule has 0 aromatic carbocycles. The minimum Gasteiger partial charge on any atom is -0.356 e. The zero-order chi connectivity index (χ0) is 20.6. The van der Waals surface area contributed by atoms with Crippen molar-refractivity contribution >= 4 is 23.6 Å². The van der Waals surface area contributed by atoms with E-state index in [9.17, 15) is 4.79 Å². The summed E-state index contributed by atoms with van der Waals surface area (Å²) in [6, 6.07) is 0.702. The lowest BCUT2D eigenvalue weighted by Crippen LogP contribution is -2.47. The largest absolute Gasteiger partial charge is 0.356 e. The molecule has 8 nitrogen and oxygen atoms in total. The quantitative estimate of drug-likeness (QED) is 0.319. The van der Waals surface area contributed by atoms with Crippen LogP contribution in [0.5, 0.6) is 0 Å². The van der Waals surface area contributed by atoms with Crippen LogP contribution < -0.4 is 16.0 Å². The molecule has 3 rings (SSSR count). The van der Waals surface area contributed by atoms with Crippen molar-refractivity contribution in [1.82, 2.24) is 30.7 Å². The van der Waals surface area contributed by atoms with Gasteiger partial charge >= 0.3 is 0 Å². The average Bonchev–Trinajstić information content (AvgIpc) is 3.48. The smallest absolute Gasteiger partial charge is 0.223 e. The molecule has 29 heavy (non-hydrogen) atoms. The van der Waals surface area contributed by atoms with Crippen molar-refractivity contribution in [2.45, 2.75) is 70.5 Å². The summed E-state index contributed by atoms with van der Waals surface area (Å²) >= 11 is 1.85. The van der Waals surface area contributed by atoms with Crippen molar-refractivity contribution in [2.75, 3.05) is 18.6 Å². The van der Waals surface area contributed by atoms with Gasteiger partial charge in [0.15, 0.2) is 11.8 Å². The number of rotatable bonds is 9. The lowest BCUT2D eigenvalue weighted by Gasteiger charge is -2.30. The second kappa shape index (κ2) is 10.8. The maximum Gasteiger partial charge on any atom is 0.223 e. The van der Waals surface area contributed by atoms with Gasteiger partial charge in [0.05, 0.1) is 0 Å². The summed E-state index contributed by atoms with van der Waals surface area (Å²) in [5.74, 6) is 4.00. The van der Waals surface area contributed by atoms with Crippen LogP contribution in [0.1, 0.15) is 56.6 Å². The number of carbonyl (C=O) groups is 1. The second-order valence-electron chi connectivity index (χ2n) is 8.15. The molecule has 0 bridgehead atoms. The highest BCUT2D eigenvalue weighted by Crippen LogP contribution is 2.26. The van der Waals surface area contributed by atoms with E-state index in [2.05, 4.69) is 32.4 Å². The van der Waals surface area contributed by atoms with Crippen molar-refractivity contribution in [3.8, 4) is 0 Å². The standard InChI is InChI=1S/C20H35N7OS/c1-14-25-26-18(27(14)2)13-22-20(21-10-5-11-29-3)24-17-7-4-6-15(12-17)19(28)23-16-8-9-16/h15-17H,4-13H2,1-3H3,(H,23,28)(H2,21,22,24). The number of guanidine groups is 1. The van der Waals surface area contributed by atoms with Crippen LogP contribution in [0.15, 0.2) is 4.99 Å². The number of aryl methyl sites for hydroxylation is 1. The summed E-state index contributed by atoms with van der Waals surface area (Å²) in [5, 5.41) is 18.5. The predicted octanol–water partition coefficient (Wildman–Crippen LogP) is 1.75. The number of aromatic nitrogens is 3. The molecule has 2 atom stereocenters. The Morgan fingerprint density at radius 3 is 2.72 bits per heavy atom. The van der Waals surface area contributed by atoms with Gasteiger partial charge in [-0.05, 0) is 57.5 Å². The average molecular weight is 422 g/mol. The van der Waals surface area contributed by atoms with Crippen LogP contribution in [0, 0.1) is 12.8 Å². The van der Waals surface area contributed by atoms with Gasteiger partial charge in [-0.1, -0.05) is 6.42 Å². The van der Waals surface area contributed by atoms with Gasteiger partial charge in [0.1, 0.15) is 12.4 Å². The van der Waals surface area contributed by atoms with Crippen molar-refractivity contribution in [3.05, 3.63) is 11.6 Å². The van der Waals surface area contributed by atoms with E-state index < -0.39 is 0 Å². The minimum absolute atomic E-state index is 0.112. The van der Waals surface area contributed by atoms with Gasteiger partial charge in [-0.15, -0.1) is 10.2 Å². The fourth-order valence-electron chi connectivity index (χ4n) is 3.61. The molecule has 2 aliphatic carbocycles. The Balaban J connectivity index is 1.57. The third-order valence-electron chi connectivity index (χ3n) is 5.69. The van der Waals surface area contributed by atoms with Crippen molar-refractivity contribution in [1.29, 1.82) is 0 Å². The molecule has 1 amide bonds. The molecule has 0 aliphatic heterocycles. The molecule has 0 saturated heterocycles. The highest BCUT2D eigenvalue weighted by molar-refractivity contribution is 7.98. The first-order chi connectivity index (χ1) is 14.1. The molecular weight excluding hydrogens is 386 g/mol. The third-order valence-corrected chi connectivity index (χ3v) is 6.39. The first-order valence-corrected chi connectivity index (χ1v) is 12.1. The Morgan fingerprint density at radius 1 is 1.21 bits per heavy atom. The van der Waals surface area contributed by atoms with Crippen LogP contribution >= 0.6 is 11.8 Å². The Kier molecular flexibility index (Phi) is 8.20. The molecule has 3 N–H and O–H groups in total. The fraction of sp³-hybridized carbons (Fsp3) is 0.800. The zero-order valence-electron chi connectivity index (χ0n) is 17.9. The first-order valence-electron chi connectivity index (χ1n) is 10.8. The van der Waals surface area contributed by atoms with E-state index in [1.54, 1.807) is 0 Å². The van der Waals surface area contributed by atoms with Gasteiger partial charge in [-0.2, -0.15) is 11.8 Å². The molecule has 1 aromatic rings. The zero-order valence-corrected chi connectivity index (χ0v) is 18.7. The van der Waals surface area contributed by atoms with E-state index in [0.717, 1.165) is 74.9 Å². The van der Waals surface area contributed by atoms with E-state index in [0.29, 0.717) is 12.6 Å². The molecule has 2 fully saturated rings. The maximum absolute atomic E-state index is 12.5. The topological polar surface area (TPSA) is 96.2 Å². The SMILES string of the molecule is CSCCCNC(=NCc1nnc(C)n1C)NC1CCCC(C(=O)NC2CC2)C1. The minimum atomic E-state index is 0.112. The third kappa shape index (κ3) is 6.90. The number of carbonyl (C=O) groups excluding carboxylic acids is 1. The van der Waals surface area contributed by atoms with Crippen molar-refractivity contribution in [3.63, 3.8) is 0 Å². The van der Waals surface area contributed by atoms with Crippen LogP contribution in [0.25, 0.3) is 0 Å². The number of aliphatic imine (C=N–C) groups is 1. The molecule has 1 heterocycles. The van der Waals surface area contributed by atoms with Gasteiger partial charge in [0.25, 0.3) is 0 Å². The first kappa shape index (κ1) is 21.9. The number of hydrogen-bond acceptors (Lipinski definition) is 5. The van der Waals surface area contributed by atoms with Gasteiger partial charge in [-0.25, -0.2) is 4.99 Å². The Bertz CT molecular complexity index is 701. The normalized spacial score (nSPS) is 22.4. The predicted molar refractivity (Wildman–Crippen MR) is 118 cm³/mol. The molecule has 9 heteroatoms. The molecule has 0 radical (unpaired) electrons. The molecule has 2 saturated carbocycles. The van der Waals surface area contributed by atoms with Crippen LogP contribution in [0.3, 0.4) is 0 Å². The van der Waals surface area contributed by atoms with Crippen LogP contribution in [0.2, 0.25) is 0 Å². The highest BCUT2D eigenvalue weighted by atomic mass is 32.2.